The minimum atomic E-state index is -0.0758. The van der Waals surface area contributed by atoms with Crippen LogP contribution >= 0.6 is 11.8 Å². The molecule has 3 amide bonds. The normalized spacial score (nSPS) is 17.1. The monoisotopic (exact) mass is 403 g/mol. The summed E-state index contributed by atoms with van der Waals surface area (Å²) >= 11 is 1.47. The van der Waals surface area contributed by atoms with Gasteiger partial charge in [-0.05, 0) is 44.9 Å². The fraction of sp³-hybridized carbons (Fsp3) is 0.571. The van der Waals surface area contributed by atoms with E-state index in [0.717, 1.165) is 43.7 Å². The molecular formula is C21H29N3O3S. The van der Waals surface area contributed by atoms with Crippen molar-refractivity contribution in [3.05, 3.63) is 23.8 Å². The summed E-state index contributed by atoms with van der Waals surface area (Å²) in [7, 11) is 0. The van der Waals surface area contributed by atoms with E-state index in [9.17, 15) is 14.4 Å². The first-order valence-electron chi connectivity index (χ1n) is 10.2. The fourth-order valence-electron chi connectivity index (χ4n) is 3.76. The Labute approximate surface area is 171 Å². The fourth-order valence-corrected chi connectivity index (χ4v) is 4.67. The van der Waals surface area contributed by atoms with Crippen LogP contribution in [0.15, 0.2) is 23.1 Å². The number of thioether (sulfide) groups is 1. The lowest BCUT2D eigenvalue weighted by atomic mass is 10.1. The van der Waals surface area contributed by atoms with Gasteiger partial charge in [0.1, 0.15) is 6.54 Å². The highest BCUT2D eigenvalue weighted by atomic mass is 32.2. The van der Waals surface area contributed by atoms with Crippen molar-refractivity contribution in [2.24, 2.45) is 0 Å². The van der Waals surface area contributed by atoms with Crippen LogP contribution in [-0.4, -0.2) is 66.0 Å². The van der Waals surface area contributed by atoms with E-state index in [-0.39, 0.29) is 24.3 Å². The number of likely N-dealkylation sites (tertiary alicyclic amines) is 1. The predicted molar refractivity (Wildman–Crippen MR) is 112 cm³/mol. The second-order valence-electron chi connectivity index (χ2n) is 7.22. The van der Waals surface area contributed by atoms with E-state index in [1.165, 1.54) is 11.8 Å². The zero-order valence-electron chi connectivity index (χ0n) is 16.8. The van der Waals surface area contributed by atoms with Gasteiger partial charge in [0.15, 0.2) is 0 Å². The molecule has 0 N–H and O–H groups in total. The van der Waals surface area contributed by atoms with Crippen molar-refractivity contribution < 1.29 is 14.4 Å². The summed E-state index contributed by atoms with van der Waals surface area (Å²) in [6.07, 6.45) is 4.36. The molecule has 152 valence electrons. The van der Waals surface area contributed by atoms with Crippen LogP contribution in [0.25, 0.3) is 0 Å². The quantitative estimate of drug-likeness (QED) is 0.758. The Hall–Kier alpha value is -2.02. The van der Waals surface area contributed by atoms with E-state index in [1.54, 1.807) is 15.9 Å². The van der Waals surface area contributed by atoms with Crippen molar-refractivity contribution in [2.75, 3.05) is 43.4 Å². The Morgan fingerprint density at radius 3 is 2.39 bits per heavy atom. The SMILES string of the molecule is CCN(CC)C(=O)c1ccc2c(c1)N(CC(=O)N1CCCCCC1)C(=O)CS2. The van der Waals surface area contributed by atoms with E-state index in [2.05, 4.69) is 0 Å². The lowest BCUT2D eigenvalue weighted by Gasteiger charge is -2.31. The molecule has 0 saturated carbocycles. The number of hydrogen-bond acceptors (Lipinski definition) is 4. The summed E-state index contributed by atoms with van der Waals surface area (Å²) in [6.45, 7) is 6.76. The molecule has 1 aromatic carbocycles. The highest BCUT2D eigenvalue weighted by Gasteiger charge is 2.29. The van der Waals surface area contributed by atoms with Gasteiger partial charge in [0.2, 0.25) is 11.8 Å². The summed E-state index contributed by atoms with van der Waals surface area (Å²) in [5.41, 5.74) is 1.24. The van der Waals surface area contributed by atoms with Gasteiger partial charge in [-0.15, -0.1) is 11.8 Å². The van der Waals surface area contributed by atoms with Crippen LogP contribution in [0.1, 0.15) is 49.9 Å². The number of nitrogens with zero attached hydrogens (tertiary/aromatic N) is 3. The smallest absolute Gasteiger partial charge is 0.253 e. The third-order valence-electron chi connectivity index (χ3n) is 5.45. The molecule has 1 fully saturated rings. The minimum Gasteiger partial charge on any atom is -0.341 e. The molecule has 1 aromatic rings. The van der Waals surface area contributed by atoms with E-state index in [4.69, 9.17) is 0 Å². The summed E-state index contributed by atoms with van der Waals surface area (Å²) < 4.78 is 0. The second-order valence-corrected chi connectivity index (χ2v) is 8.24. The van der Waals surface area contributed by atoms with E-state index in [0.29, 0.717) is 30.1 Å². The molecule has 3 rings (SSSR count). The van der Waals surface area contributed by atoms with Crippen LogP contribution < -0.4 is 4.90 Å². The van der Waals surface area contributed by atoms with Gasteiger partial charge in [-0.3, -0.25) is 14.4 Å². The molecule has 0 aromatic heterocycles. The zero-order chi connectivity index (χ0) is 20.1. The Balaban J connectivity index is 1.83. The molecule has 0 aliphatic carbocycles. The van der Waals surface area contributed by atoms with Crippen molar-refractivity contribution in [2.45, 2.75) is 44.4 Å². The largest absolute Gasteiger partial charge is 0.341 e. The molecule has 2 heterocycles. The molecular weight excluding hydrogens is 374 g/mol. The standard InChI is InChI=1S/C21H29N3O3S/c1-3-22(4-2)21(27)16-9-10-18-17(13-16)24(20(26)15-28-18)14-19(25)23-11-7-5-6-8-12-23/h9-10,13H,3-8,11-12,14-15H2,1-2H3. The summed E-state index contributed by atoms with van der Waals surface area (Å²) in [4.78, 5) is 44.3. The Morgan fingerprint density at radius 1 is 1.07 bits per heavy atom. The number of carbonyl (C=O) groups is 3. The third kappa shape index (κ3) is 4.51. The Kier molecular flexibility index (Phi) is 6.99. The number of carbonyl (C=O) groups excluding carboxylic acids is 3. The zero-order valence-corrected chi connectivity index (χ0v) is 17.6. The molecule has 0 radical (unpaired) electrons. The highest BCUT2D eigenvalue weighted by Crippen LogP contribution is 2.36. The van der Waals surface area contributed by atoms with Crippen LogP contribution in [0.3, 0.4) is 0 Å². The lowest BCUT2D eigenvalue weighted by Crippen LogP contribution is -2.45. The third-order valence-corrected chi connectivity index (χ3v) is 6.50. The van der Waals surface area contributed by atoms with E-state index >= 15 is 0 Å². The van der Waals surface area contributed by atoms with Crippen LogP contribution in [0.4, 0.5) is 5.69 Å². The average Bonchev–Trinajstić information content (AvgIpc) is 3.00. The van der Waals surface area contributed by atoms with Crippen molar-refractivity contribution in [1.29, 1.82) is 0 Å². The number of amides is 3. The predicted octanol–water partition coefficient (Wildman–Crippen LogP) is 3.01. The van der Waals surface area contributed by atoms with Gasteiger partial charge in [0.25, 0.3) is 5.91 Å². The van der Waals surface area contributed by atoms with Gasteiger partial charge in [-0.2, -0.15) is 0 Å². The maximum atomic E-state index is 12.8. The molecule has 0 spiro atoms. The first kappa shape index (κ1) is 20.7. The van der Waals surface area contributed by atoms with Crippen molar-refractivity contribution in [3.8, 4) is 0 Å². The van der Waals surface area contributed by atoms with Crippen LogP contribution in [0.5, 0.6) is 0 Å². The summed E-state index contributed by atoms with van der Waals surface area (Å²) in [5.74, 6) is 0.195. The van der Waals surface area contributed by atoms with Gasteiger partial charge in [-0.25, -0.2) is 0 Å². The topological polar surface area (TPSA) is 60.9 Å². The van der Waals surface area contributed by atoms with Crippen LogP contribution in [-0.2, 0) is 9.59 Å². The second kappa shape index (κ2) is 9.45. The molecule has 0 unspecified atom stereocenters. The number of rotatable bonds is 5. The first-order chi connectivity index (χ1) is 13.5. The van der Waals surface area contributed by atoms with Gasteiger partial charge in [0, 0.05) is 36.6 Å². The molecule has 28 heavy (non-hydrogen) atoms. The van der Waals surface area contributed by atoms with E-state index in [1.807, 2.05) is 30.9 Å². The van der Waals surface area contributed by atoms with Gasteiger partial charge in [0.05, 0.1) is 11.4 Å². The maximum absolute atomic E-state index is 12.8. The van der Waals surface area contributed by atoms with Crippen molar-refractivity contribution >= 4 is 35.2 Å². The highest BCUT2D eigenvalue weighted by molar-refractivity contribution is 8.00. The molecule has 7 heteroatoms. The number of anilines is 1. The van der Waals surface area contributed by atoms with Crippen LogP contribution in [0, 0.1) is 0 Å². The minimum absolute atomic E-state index is 0.00595. The van der Waals surface area contributed by atoms with Crippen LogP contribution in [0.2, 0.25) is 0 Å². The first-order valence-corrected chi connectivity index (χ1v) is 11.2. The molecule has 6 nitrogen and oxygen atoms in total. The molecule has 0 bridgehead atoms. The van der Waals surface area contributed by atoms with Gasteiger partial charge >= 0.3 is 0 Å². The summed E-state index contributed by atoms with van der Waals surface area (Å²) in [5, 5.41) is 0. The molecule has 2 aliphatic heterocycles. The Bertz CT molecular complexity index is 740. The van der Waals surface area contributed by atoms with Crippen molar-refractivity contribution in [3.63, 3.8) is 0 Å². The Morgan fingerprint density at radius 2 is 1.75 bits per heavy atom. The number of benzene rings is 1. The lowest BCUT2D eigenvalue weighted by molar-refractivity contribution is -0.131. The molecule has 0 atom stereocenters. The average molecular weight is 404 g/mol. The maximum Gasteiger partial charge on any atom is 0.253 e. The van der Waals surface area contributed by atoms with Gasteiger partial charge < -0.3 is 14.7 Å². The van der Waals surface area contributed by atoms with Crippen molar-refractivity contribution in [1.82, 2.24) is 9.80 Å². The van der Waals surface area contributed by atoms with Gasteiger partial charge in [-0.1, -0.05) is 12.8 Å². The number of hydrogen-bond donors (Lipinski definition) is 0. The molecule has 1 saturated heterocycles. The summed E-state index contributed by atoms with van der Waals surface area (Å²) in [6, 6.07) is 5.49. The number of fused-ring (bicyclic) bond motifs is 1. The molecule has 2 aliphatic rings. The van der Waals surface area contributed by atoms with E-state index < -0.39 is 0 Å².